The minimum Gasteiger partial charge on any atom is -0.497 e. The topological polar surface area (TPSA) is 93.8 Å². The molecule has 0 fully saturated rings. The Bertz CT molecular complexity index is 636. The summed E-state index contributed by atoms with van der Waals surface area (Å²) in [4.78, 5) is 15.5. The molecule has 2 N–H and O–H groups in total. The minimum absolute atomic E-state index is 0.0481. The number of benzene rings is 1. The summed E-state index contributed by atoms with van der Waals surface area (Å²) in [7, 11) is 2.81. The molecule has 0 radical (unpaired) electrons. The zero-order valence-corrected chi connectivity index (χ0v) is 12.4. The fourth-order valence-electron chi connectivity index (χ4n) is 2.12. The molecule has 0 spiro atoms. The third-order valence-corrected chi connectivity index (χ3v) is 3.34. The maximum absolute atomic E-state index is 11.5. The van der Waals surface area contributed by atoms with Gasteiger partial charge in [0.25, 0.3) is 0 Å². The van der Waals surface area contributed by atoms with E-state index in [1.54, 1.807) is 31.4 Å². The second kappa shape index (κ2) is 7.06. The average molecular weight is 306 g/mol. The first-order chi connectivity index (χ1) is 10.6. The van der Waals surface area contributed by atoms with Crippen molar-refractivity contribution in [2.75, 3.05) is 14.2 Å². The number of aliphatic hydroxyl groups is 2. The molecule has 0 bridgehead atoms. The third-order valence-electron chi connectivity index (χ3n) is 3.34. The Morgan fingerprint density at radius 3 is 2.55 bits per heavy atom. The van der Waals surface area contributed by atoms with Crippen molar-refractivity contribution in [2.45, 2.75) is 19.3 Å². The van der Waals surface area contributed by atoms with Gasteiger partial charge in [-0.1, -0.05) is 12.1 Å². The molecule has 1 aromatic carbocycles. The summed E-state index contributed by atoms with van der Waals surface area (Å²) in [6, 6.07) is 7.00. The summed E-state index contributed by atoms with van der Waals surface area (Å²) < 4.78 is 11.2. The molecule has 0 aliphatic carbocycles. The van der Waals surface area contributed by atoms with Gasteiger partial charge in [0.15, 0.2) is 5.69 Å². The molecule has 1 heterocycles. The Labute approximate surface area is 127 Å². The van der Waals surface area contributed by atoms with E-state index in [-0.39, 0.29) is 18.8 Å². The van der Waals surface area contributed by atoms with Gasteiger partial charge >= 0.3 is 5.97 Å². The number of nitrogens with zero attached hydrogens (tertiary/aromatic N) is 2. The SMILES string of the molecule is COC(=O)c1ncn(C[C@@H](O)c2ccc(OC)cc2)c1CO. The van der Waals surface area contributed by atoms with Crippen LogP contribution < -0.4 is 4.74 Å². The summed E-state index contributed by atoms with van der Waals surface area (Å²) in [6.45, 7) is -0.216. The van der Waals surface area contributed by atoms with E-state index in [1.165, 1.54) is 18.0 Å². The molecule has 2 aromatic rings. The van der Waals surface area contributed by atoms with E-state index in [0.717, 1.165) is 0 Å². The predicted molar refractivity (Wildman–Crippen MR) is 77.4 cm³/mol. The molecule has 0 aliphatic rings. The van der Waals surface area contributed by atoms with Gasteiger partial charge in [0.05, 0.1) is 45.5 Å². The highest BCUT2D eigenvalue weighted by molar-refractivity contribution is 5.88. The van der Waals surface area contributed by atoms with E-state index in [9.17, 15) is 15.0 Å². The minimum atomic E-state index is -0.809. The standard InChI is InChI=1S/C15H18N2O5/c1-21-11-5-3-10(4-6-11)13(19)7-17-9-16-14(12(17)8-18)15(20)22-2/h3-6,9,13,18-19H,7-8H2,1-2H3/t13-/m1/s1. The first-order valence-electron chi connectivity index (χ1n) is 6.65. The van der Waals surface area contributed by atoms with Crippen molar-refractivity contribution in [3.63, 3.8) is 0 Å². The molecule has 118 valence electrons. The monoisotopic (exact) mass is 306 g/mol. The van der Waals surface area contributed by atoms with Crippen LogP contribution in [0.25, 0.3) is 0 Å². The zero-order chi connectivity index (χ0) is 16.1. The van der Waals surface area contributed by atoms with Crippen LogP contribution in [0, 0.1) is 0 Å². The Kier molecular flexibility index (Phi) is 5.13. The number of methoxy groups -OCH3 is 2. The largest absolute Gasteiger partial charge is 0.497 e. The van der Waals surface area contributed by atoms with E-state index in [0.29, 0.717) is 17.0 Å². The molecule has 0 amide bonds. The number of imidazole rings is 1. The number of carbonyl (C=O) groups excluding carboxylic acids is 1. The molecule has 7 heteroatoms. The summed E-state index contributed by atoms with van der Waals surface area (Å²) in [6.07, 6.45) is 0.584. The fourth-order valence-corrected chi connectivity index (χ4v) is 2.12. The maximum atomic E-state index is 11.5. The van der Waals surface area contributed by atoms with Gasteiger partial charge < -0.3 is 24.3 Å². The average Bonchev–Trinajstić information content (AvgIpc) is 2.96. The van der Waals surface area contributed by atoms with Crippen LogP contribution in [0.15, 0.2) is 30.6 Å². The molecule has 0 aliphatic heterocycles. The normalized spacial score (nSPS) is 12.0. The van der Waals surface area contributed by atoms with Gasteiger partial charge in [0.2, 0.25) is 0 Å². The molecule has 0 unspecified atom stereocenters. The van der Waals surface area contributed by atoms with Crippen LogP contribution in [0.1, 0.15) is 27.8 Å². The van der Waals surface area contributed by atoms with E-state index < -0.39 is 12.1 Å². The van der Waals surface area contributed by atoms with Crippen LogP contribution in [-0.4, -0.2) is 40.0 Å². The van der Waals surface area contributed by atoms with Gasteiger partial charge in [-0.15, -0.1) is 0 Å². The van der Waals surface area contributed by atoms with E-state index in [2.05, 4.69) is 9.72 Å². The Morgan fingerprint density at radius 2 is 2.00 bits per heavy atom. The molecule has 0 saturated heterocycles. The van der Waals surface area contributed by atoms with Crippen LogP contribution in [0.5, 0.6) is 5.75 Å². The highest BCUT2D eigenvalue weighted by Gasteiger charge is 2.19. The highest BCUT2D eigenvalue weighted by atomic mass is 16.5. The van der Waals surface area contributed by atoms with Crippen LogP contribution in [0.4, 0.5) is 0 Å². The first-order valence-corrected chi connectivity index (χ1v) is 6.65. The molecule has 1 atom stereocenters. The predicted octanol–water partition coefficient (Wildman–Crippen LogP) is 0.904. The number of carbonyl (C=O) groups is 1. The molecule has 7 nitrogen and oxygen atoms in total. The van der Waals surface area contributed by atoms with E-state index in [1.807, 2.05) is 0 Å². The van der Waals surface area contributed by atoms with E-state index >= 15 is 0 Å². The van der Waals surface area contributed by atoms with Gasteiger partial charge in [-0.3, -0.25) is 0 Å². The van der Waals surface area contributed by atoms with Crippen LogP contribution in [-0.2, 0) is 17.9 Å². The number of ether oxygens (including phenoxy) is 2. The van der Waals surface area contributed by atoms with Crippen molar-refractivity contribution in [3.8, 4) is 5.75 Å². The first kappa shape index (κ1) is 16.0. The fraction of sp³-hybridized carbons (Fsp3) is 0.333. The van der Waals surface area contributed by atoms with Crippen molar-refractivity contribution in [3.05, 3.63) is 47.5 Å². The smallest absolute Gasteiger partial charge is 0.358 e. The lowest BCUT2D eigenvalue weighted by molar-refractivity contribution is 0.0589. The molecular weight excluding hydrogens is 288 g/mol. The molecule has 0 saturated carbocycles. The number of hydrogen-bond acceptors (Lipinski definition) is 6. The summed E-state index contributed by atoms with van der Waals surface area (Å²) in [5, 5.41) is 19.7. The molecule has 2 rings (SSSR count). The van der Waals surface area contributed by atoms with Crippen LogP contribution in [0.2, 0.25) is 0 Å². The summed E-state index contributed by atoms with van der Waals surface area (Å²) in [5.74, 6) is 0.0735. The number of rotatable bonds is 6. The van der Waals surface area contributed by atoms with Crippen LogP contribution in [0.3, 0.4) is 0 Å². The highest BCUT2D eigenvalue weighted by Crippen LogP contribution is 2.20. The van der Waals surface area contributed by atoms with E-state index in [4.69, 9.17) is 4.74 Å². The number of esters is 1. The summed E-state index contributed by atoms with van der Waals surface area (Å²) in [5.41, 5.74) is 1.05. The lowest BCUT2D eigenvalue weighted by Gasteiger charge is -2.14. The number of aromatic nitrogens is 2. The zero-order valence-electron chi connectivity index (χ0n) is 12.4. The van der Waals surface area contributed by atoms with Crippen molar-refractivity contribution in [1.82, 2.24) is 9.55 Å². The van der Waals surface area contributed by atoms with Crippen molar-refractivity contribution >= 4 is 5.97 Å². The third kappa shape index (κ3) is 3.26. The van der Waals surface area contributed by atoms with Crippen molar-refractivity contribution in [1.29, 1.82) is 0 Å². The lowest BCUT2D eigenvalue weighted by atomic mass is 10.1. The van der Waals surface area contributed by atoms with Crippen molar-refractivity contribution in [2.24, 2.45) is 0 Å². The quantitative estimate of drug-likeness (QED) is 0.770. The number of aliphatic hydroxyl groups excluding tert-OH is 2. The maximum Gasteiger partial charge on any atom is 0.358 e. The second-order valence-electron chi connectivity index (χ2n) is 4.63. The molecule has 1 aromatic heterocycles. The Hall–Kier alpha value is -2.38. The van der Waals surface area contributed by atoms with Gasteiger partial charge in [-0.05, 0) is 17.7 Å². The molecular formula is C15H18N2O5. The Morgan fingerprint density at radius 1 is 1.32 bits per heavy atom. The Balaban J connectivity index is 2.18. The summed E-state index contributed by atoms with van der Waals surface area (Å²) >= 11 is 0. The van der Waals surface area contributed by atoms with Gasteiger partial charge in [-0.25, -0.2) is 9.78 Å². The van der Waals surface area contributed by atoms with Gasteiger partial charge in [-0.2, -0.15) is 0 Å². The lowest BCUT2D eigenvalue weighted by Crippen LogP contribution is -2.13. The second-order valence-corrected chi connectivity index (χ2v) is 4.63. The van der Waals surface area contributed by atoms with Crippen LogP contribution >= 0.6 is 0 Å². The van der Waals surface area contributed by atoms with Gasteiger partial charge in [0.1, 0.15) is 5.75 Å². The van der Waals surface area contributed by atoms with Gasteiger partial charge in [0, 0.05) is 0 Å². The molecule has 22 heavy (non-hydrogen) atoms. The number of hydrogen-bond donors (Lipinski definition) is 2. The van der Waals surface area contributed by atoms with Crippen molar-refractivity contribution < 1.29 is 24.5 Å².